The summed E-state index contributed by atoms with van der Waals surface area (Å²) in [5, 5.41) is 0. The molecule has 0 amide bonds. The molecule has 1 unspecified atom stereocenters. The lowest BCUT2D eigenvalue weighted by molar-refractivity contribution is 0.0850. The van der Waals surface area contributed by atoms with E-state index in [-0.39, 0.29) is 13.0 Å². The van der Waals surface area contributed by atoms with Gasteiger partial charge in [0.2, 0.25) is 5.88 Å². The van der Waals surface area contributed by atoms with Gasteiger partial charge in [0.1, 0.15) is 0 Å². The van der Waals surface area contributed by atoms with E-state index in [1.54, 1.807) is 12.1 Å². The maximum absolute atomic E-state index is 12.4. The molecule has 1 aromatic rings. The van der Waals surface area contributed by atoms with Crippen LogP contribution in [0.25, 0.3) is 0 Å². The average molecular weight is 200 g/mol. The number of hydrogen-bond acceptors (Lipinski definition) is 3. The number of anilines is 1. The molecule has 0 spiro atoms. The second-order valence-corrected chi connectivity index (χ2v) is 3.40. The maximum atomic E-state index is 12.4. The molecule has 1 aliphatic carbocycles. The van der Waals surface area contributed by atoms with Crippen molar-refractivity contribution in [2.24, 2.45) is 5.92 Å². The van der Waals surface area contributed by atoms with Crippen LogP contribution in [0.15, 0.2) is 18.3 Å². The first-order chi connectivity index (χ1) is 6.58. The highest BCUT2D eigenvalue weighted by molar-refractivity contribution is 5.35. The number of aromatic nitrogens is 1. The van der Waals surface area contributed by atoms with E-state index in [2.05, 4.69) is 4.98 Å². The minimum Gasteiger partial charge on any atom is -0.477 e. The van der Waals surface area contributed by atoms with E-state index < -0.39 is 11.8 Å². The molecular weight excluding hydrogens is 190 g/mol. The summed E-state index contributed by atoms with van der Waals surface area (Å²) in [5.41, 5.74) is 5.92. The number of alkyl halides is 2. The lowest BCUT2D eigenvalue weighted by atomic mass is 10.4. The molecule has 1 aromatic heterocycles. The lowest BCUT2D eigenvalue weighted by Crippen LogP contribution is -2.06. The molecule has 0 bridgehead atoms. The van der Waals surface area contributed by atoms with Crippen molar-refractivity contribution in [2.75, 3.05) is 12.3 Å². The van der Waals surface area contributed by atoms with Crippen molar-refractivity contribution < 1.29 is 13.5 Å². The van der Waals surface area contributed by atoms with Crippen molar-refractivity contribution in [3.8, 4) is 5.88 Å². The Kier molecular flexibility index (Phi) is 2.02. The predicted molar refractivity (Wildman–Crippen MR) is 47.2 cm³/mol. The molecule has 2 rings (SSSR count). The molecular formula is C9H10F2N2O. The number of halogens is 2. The third-order valence-electron chi connectivity index (χ3n) is 2.15. The van der Waals surface area contributed by atoms with E-state index in [1.807, 2.05) is 0 Å². The maximum Gasteiger partial charge on any atom is 0.255 e. The molecule has 0 aromatic carbocycles. The quantitative estimate of drug-likeness (QED) is 0.807. The van der Waals surface area contributed by atoms with Crippen molar-refractivity contribution in [1.29, 1.82) is 0 Å². The molecule has 1 fully saturated rings. The molecule has 1 atom stereocenters. The van der Waals surface area contributed by atoms with E-state index in [9.17, 15) is 8.78 Å². The number of nitrogens with two attached hydrogens (primary N) is 1. The summed E-state index contributed by atoms with van der Waals surface area (Å²) < 4.78 is 30.0. The SMILES string of the molecule is Nc1ccc(OCC2CC2(F)F)nc1. The van der Waals surface area contributed by atoms with Crippen LogP contribution in [0.2, 0.25) is 0 Å². The summed E-state index contributed by atoms with van der Waals surface area (Å²) in [6.07, 6.45) is 1.35. The summed E-state index contributed by atoms with van der Waals surface area (Å²) in [5.74, 6) is -2.85. The fourth-order valence-corrected chi connectivity index (χ4v) is 1.11. The first-order valence-electron chi connectivity index (χ1n) is 4.30. The number of ether oxygens (including phenoxy) is 1. The first-order valence-corrected chi connectivity index (χ1v) is 4.30. The fraction of sp³-hybridized carbons (Fsp3) is 0.444. The van der Waals surface area contributed by atoms with Gasteiger partial charge in [0, 0.05) is 12.5 Å². The van der Waals surface area contributed by atoms with E-state index >= 15 is 0 Å². The first kappa shape index (κ1) is 9.18. The van der Waals surface area contributed by atoms with Gasteiger partial charge in [-0.1, -0.05) is 0 Å². The lowest BCUT2D eigenvalue weighted by Gasteiger charge is -2.03. The Bertz CT molecular complexity index is 326. The van der Waals surface area contributed by atoms with E-state index in [0.717, 1.165) is 0 Å². The van der Waals surface area contributed by atoms with Crippen LogP contribution in [0.4, 0.5) is 14.5 Å². The molecule has 14 heavy (non-hydrogen) atoms. The average Bonchev–Trinajstić information content (AvgIpc) is 2.73. The van der Waals surface area contributed by atoms with Crippen LogP contribution in [0.3, 0.4) is 0 Å². The minimum absolute atomic E-state index is 0.0178. The van der Waals surface area contributed by atoms with Crippen LogP contribution in [-0.2, 0) is 0 Å². The number of nitrogen functional groups attached to an aromatic ring is 1. The summed E-state index contributed by atoms with van der Waals surface area (Å²) in [7, 11) is 0. The minimum atomic E-state index is -2.53. The van der Waals surface area contributed by atoms with Crippen LogP contribution in [-0.4, -0.2) is 17.5 Å². The predicted octanol–water partition coefficient (Wildman–Crippen LogP) is 1.70. The molecule has 1 saturated carbocycles. The third kappa shape index (κ3) is 1.92. The molecule has 0 aliphatic heterocycles. The van der Waals surface area contributed by atoms with Crippen molar-refractivity contribution >= 4 is 5.69 Å². The summed E-state index contributed by atoms with van der Waals surface area (Å²) in [6.45, 7) is 0.0178. The second kappa shape index (κ2) is 3.08. The van der Waals surface area contributed by atoms with Crippen molar-refractivity contribution in [1.82, 2.24) is 4.98 Å². The van der Waals surface area contributed by atoms with Gasteiger partial charge in [0.05, 0.1) is 24.4 Å². The third-order valence-corrected chi connectivity index (χ3v) is 2.15. The molecule has 5 heteroatoms. The van der Waals surface area contributed by atoms with Gasteiger partial charge in [-0.25, -0.2) is 13.8 Å². The fourth-order valence-electron chi connectivity index (χ4n) is 1.11. The van der Waals surface area contributed by atoms with Crippen LogP contribution in [0.1, 0.15) is 6.42 Å². The summed E-state index contributed by atoms with van der Waals surface area (Å²) in [6, 6.07) is 3.18. The van der Waals surface area contributed by atoms with E-state index in [0.29, 0.717) is 11.6 Å². The molecule has 1 heterocycles. The van der Waals surface area contributed by atoms with Gasteiger partial charge in [0.15, 0.2) is 0 Å². The molecule has 0 saturated heterocycles. The highest BCUT2D eigenvalue weighted by atomic mass is 19.3. The van der Waals surface area contributed by atoms with Gasteiger partial charge < -0.3 is 10.5 Å². The molecule has 2 N–H and O–H groups in total. The Labute approximate surface area is 79.9 Å². The van der Waals surface area contributed by atoms with Gasteiger partial charge in [-0.15, -0.1) is 0 Å². The molecule has 3 nitrogen and oxygen atoms in total. The Morgan fingerprint density at radius 3 is 2.79 bits per heavy atom. The van der Waals surface area contributed by atoms with Gasteiger partial charge >= 0.3 is 0 Å². The normalized spacial score (nSPS) is 23.1. The Balaban J connectivity index is 1.84. The van der Waals surface area contributed by atoms with E-state index in [1.165, 1.54) is 6.20 Å². The largest absolute Gasteiger partial charge is 0.477 e. The monoisotopic (exact) mass is 200 g/mol. The van der Waals surface area contributed by atoms with Crippen LogP contribution >= 0.6 is 0 Å². The highest BCUT2D eigenvalue weighted by Crippen LogP contribution is 2.48. The topological polar surface area (TPSA) is 48.1 Å². The molecule has 76 valence electrons. The van der Waals surface area contributed by atoms with Gasteiger partial charge in [-0.05, 0) is 6.07 Å². The van der Waals surface area contributed by atoms with Gasteiger partial charge in [-0.3, -0.25) is 0 Å². The zero-order valence-electron chi connectivity index (χ0n) is 7.41. The highest BCUT2D eigenvalue weighted by Gasteiger charge is 2.57. The number of hydrogen-bond donors (Lipinski definition) is 1. The number of nitrogens with zero attached hydrogens (tertiary/aromatic N) is 1. The van der Waals surface area contributed by atoms with Crippen molar-refractivity contribution in [3.05, 3.63) is 18.3 Å². The van der Waals surface area contributed by atoms with Crippen LogP contribution < -0.4 is 10.5 Å². The van der Waals surface area contributed by atoms with Gasteiger partial charge in [-0.2, -0.15) is 0 Å². The second-order valence-electron chi connectivity index (χ2n) is 3.40. The Morgan fingerprint density at radius 2 is 2.29 bits per heavy atom. The van der Waals surface area contributed by atoms with Crippen molar-refractivity contribution in [3.63, 3.8) is 0 Å². The van der Waals surface area contributed by atoms with Gasteiger partial charge in [0.25, 0.3) is 5.92 Å². The zero-order chi connectivity index (χ0) is 10.2. The summed E-state index contributed by atoms with van der Waals surface area (Å²) in [4.78, 5) is 3.83. The van der Waals surface area contributed by atoms with Crippen molar-refractivity contribution in [2.45, 2.75) is 12.3 Å². The Hall–Kier alpha value is -1.39. The number of pyridine rings is 1. The standard InChI is InChI=1S/C9H10F2N2O/c10-9(11)3-6(9)5-14-8-2-1-7(12)4-13-8/h1-2,4,6H,3,5,12H2. The van der Waals surface area contributed by atoms with Crippen LogP contribution in [0.5, 0.6) is 5.88 Å². The molecule has 0 radical (unpaired) electrons. The smallest absolute Gasteiger partial charge is 0.255 e. The number of rotatable bonds is 3. The Morgan fingerprint density at radius 1 is 1.57 bits per heavy atom. The van der Waals surface area contributed by atoms with E-state index in [4.69, 9.17) is 10.5 Å². The van der Waals surface area contributed by atoms with Crippen LogP contribution in [0, 0.1) is 5.92 Å². The zero-order valence-corrected chi connectivity index (χ0v) is 7.41. The summed E-state index contributed by atoms with van der Waals surface area (Å²) >= 11 is 0. The molecule has 1 aliphatic rings.